The van der Waals surface area contributed by atoms with Crippen molar-refractivity contribution in [1.29, 1.82) is 0 Å². The van der Waals surface area contributed by atoms with E-state index in [-0.39, 0.29) is 12.5 Å². The molecule has 0 aliphatic heterocycles. The predicted molar refractivity (Wildman–Crippen MR) is 124 cm³/mol. The first kappa shape index (κ1) is 22.7. The van der Waals surface area contributed by atoms with Crippen LogP contribution >= 0.6 is 11.6 Å². The lowest BCUT2D eigenvalue weighted by atomic mass is 10.1. The minimum Gasteiger partial charge on any atom is -0.494 e. The number of hydrogen-bond donors (Lipinski definition) is 1. The predicted octanol–water partition coefficient (Wildman–Crippen LogP) is 4.96. The van der Waals surface area contributed by atoms with Crippen molar-refractivity contribution in [1.82, 2.24) is 0 Å². The number of halogens is 1. The molecule has 0 aliphatic carbocycles. The average molecular weight is 459 g/mol. The Morgan fingerprint density at radius 1 is 1.03 bits per heavy atom. The summed E-state index contributed by atoms with van der Waals surface area (Å²) >= 11 is 5.91. The normalized spacial score (nSPS) is 11.1. The third-order valence-electron chi connectivity index (χ3n) is 4.46. The second-order valence-electron chi connectivity index (χ2n) is 6.86. The van der Waals surface area contributed by atoms with Gasteiger partial charge in [0, 0.05) is 22.3 Å². The van der Waals surface area contributed by atoms with E-state index < -0.39 is 10.0 Å². The van der Waals surface area contributed by atoms with Crippen LogP contribution in [0.1, 0.15) is 22.8 Å². The first-order valence-electron chi connectivity index (χ1n) is 9.62. The largest absolute Gasteiger partial charge is 0.494 e. The van der Waals surface area contributed by atoms with Crippen LogP contribution in [0.2, 0.25) is 5.02 Å². The van der Waals surface area contributed by atoms with Crippen LogP contribution in [0.25, 0.3) is 0 Å². The van der Waals surface area contributed by atoms with Crippen LogP contribution in [0, 0.1) is 0 Å². The lowest BCUT2D eigenvalue weighted by Gasteiger charge is -2.23. The fourth-order valence-corrected chi connectivity index (χ4v) is 3.98. The molecule has 0 bridgehead atoms. The molecule has 0 radical (unpaired) electrons. The Kier molecular flexibility index (Phi) is 7.20. The van der Waals surface area contributed by atoms with E-state index in [0.29, 0.717) is 34.3 Å². The van der Waals surface area contributed by atoms with E-state index in [1.54, 1.807) is 66.7 Å². The van der Waals surface area contributed by atoms with Crippen LogP contribution in [0.4, 0.5) is 11.4 Å². The van der Waals surface area contributed by atoms with Crippen LogP contribution in [0.15, 0.2) is 72.8 Å². The molecule has 0 fully saturated rings. The molecule has 1 N–H and O–H groups in total. The highest BCUT2D eigenvalue weighted by molar-refractivity contribution is 7.92. The molecule has 31 heavy (non-hydrogen) atoms. The highest BCUT2D eigenvalue weighted by atomic mass is 35.5. The number of nitrogens with one attached hydrogen (secondary N) is 1. The van der Waals surface area contributed by atoms with Crippen molar-refractivity contribution in [3.05, 3.63) is 88.9 Å². The Morgan fingerprint density at radius 3 is 2.32 bits per heavy atom. The molecular weight excluding hydrogens is 436 g/mol. The summed E-state index contributed by atoms with van der Waals surface area (Å²) in [5, 5.41) is 3.40. The van der Waals surface area contributed by atoms with Gasteiger partial charge in [-0.2, -0.15) is 0 Å². The molecule has 162 valence electrons. The summed E-state index contributed by atoms with van der Waals surface area (Å²) in [6.07, 6.45) is 1.15. The molecule has 0 atom stereocenters. The third-order valence-corrected chi connectivity index (χ3v) is 5.85. The van der Waals surface area contributed by atoms with E-state index in [9.17, 15) is 13.2 Å². The monoisotopic (exact) mass is 458 g/mol. The zero-order valence-corrected chi connectivity index (χ0v) is 18.8. The first-order chi connectivity index (χ1) is 14.8. The molecule has 0 unspecified atom stereocenters. The number of benzene rings is 3. The minimum atomic E-state index is -3.53. The van der Waals surface area contributed by atoms with Crippen molar-refractivity contribution >= 4 is 38.9 Å². The van der Waals surface area contributed by atoms with E-state index in [4.69, 9.17) is 16.3 Å². The van der Waals surface area contributed by atoms with Crippen molar-refractivity contribution in [3.63, 3.8) is 0 Å². The molecule has 0 saturated carbocycles. The molecule has 3 aromatic rings. The van der Waals surface area contributed by atoms with Gasteiger partial charge in [-0.15, -0.1) is 0 Å². The number of carbonyl (C=O) groups excluding carboxylic acids is 1. The Balaban J connectivity index is 1.77. The SMILES string of the molecule is CCOc1cccc(NC(=O)c2ccc(N(Cc3ccc(Cl)cc3)S(C)(=O)=O)cc2)c1. The summed E-state index contributed by atoms with van der Waals surface area (Å²) in [4.78, 5) is 12.6. The molecule has 1 amide bonds. The Morgan fingerprint density at radius 2 is 1.71 bits per heavy atom. The maximum Gasteiger partial charge on any atom is 0.255 e. The fraction of sp³-hybridized carbons (Fsp3) is 0.174. The standard InChI is InChI=1S/C23H23ClN2O4S/c1-3-30-22-6-4-5-20(15-22)25-23(27)18-9-13-21(14-10-18)26(31(2,28)29)16-17-7-11-19(24)12-8-17/h4-15H,3,16H2,1-2H3,(H,25,27). The van der Waals surface area contributed by atoms with Crippen molar-refractivity contribution < 1.29 is 17.9 Å². The topological polar surface area (TPSA) is 75.7 Å². The summed E-state index contributed by atoms with van der Waals surface area (Å²) in [7, 11) is -3.53. The molecule has 0 aliphatic rings. The minimum absolute atomic E-state index is 0.158. The van der Waals surface area contributed by atoms with E-state index in [2.05, 4.69) is 5.32 Å². The number of hydrogen-bond acceptors (Lipinski definition) is 4. The van der Waals surface area contributed by atoms with Gasteiger partial charge in [0.05, 0.1) is 25.1 Å². The van der Waals surface area contributed by atoms with Gasteiger partial charge in [0.1, 0.15) is 5.75 Å². The van der Waals surface area contributed by atoms with Crippen molar-refractivity contribution in [3.8, 4) is 5.75 Å². The molecule has 6 nitrogen and oxygen atoms in total. The molecule has 0 spiro atoms. The number of sulfonamides is 1. The van der Waals surface area contributed by atoms with Crippen LogP contribution in [0.5, 0.6) is 5.75 Å². The van der Waals surface area contributed by atoms with Crippen LogP contribution in [-0.4, -0.2) is 27.2 Å². The highest BCUT2D eigenvalue weighted by Crippen LogP contribution is 2.23. The summed E-state index contributed by atoms with van der Waals surface area (Å²) in [5.41, 5.74) is 2.28. The Bertz CT molecular complexity index is 1150. The van der Waals surface area contributed by atoms with Gasteiger partial charge in [0.25, 0.3) is 5.91 Å². The van der Waals surface area contributed by atoms with E-state index >= 15 is 0 Å². The zero-order valence-electron chi connectivity index (χ0n) is 17.2. The quantitative estimate of drug-likeness (QED) is 0.517. The molecular formula is C23H23ClN2O4S. The summed E-state index contributed by atoms with van der Waals surface area (Å²) in [6, 6.07) is 20.5. The molecule has 8 heteroatoms. The second-order valence-corrected chi connectivity index (χ2v) is 9.20. The zero-order chi connectivity index (χ0) is 22.4. The number of ether oxygens (including phenoxy) is 1. The highest BCUT2D eigenvalue weighted by Gasteiger charge is 2.18. The second kappa shape index (κ2) is 9.85. The van der Waals surface area contributed by atoms with Gasteiger partial charge >= 0.3 is 0 Å². The molecule has 0 heterocycles. The van der Waals surface area contributed by atoms with Gasteiger partial charge < -0.3 is 10.1 Å². The van der Waals surface area contributed by atoms with Crippen LogP contribution in [-0.2, 0) is 16.6 Å². The van der Waals surface area contributed by atoms with E-state index in [0.717, 1.165) is 11.8 Å². The summed E-state index contributed by atoms with van der Waals surface area (Å²) < 4.78 is 31.4. The molecule has 3 aromatic carbocycles. The maximum absolute atomic E-state index is 12.6. The number of amides is 1. The van der Waals surface area contributed by atoms with E-state index in [1.807, 2.05) is 13.0 Å². The third kappa shape index (κ3) is 6.23. The molecule has 0 aromatic heterocycles. The molecule has 0 saturated heterocycles. The maximum atomic E-state index is 12.6. The van der Waals surface area contributed by atoms with E-state index in [1.165, 1.54) is 4.31 Å². The van der Waals surface area contributed by atoms with Gasteiger partial charge in [0.2, 0.25) is 10.0 Å². The number of rotatable bonds is 8. The van der Waals surface area contributed by atoms with Crippen molar-refractivity contribution in [2.24, 2.45) is 0 Å². The van der Waals surface area contributed by atoms with Crippen molar-refractivity contribution in [2.45, 2.75) is 13.5 Å². The smallest absolute Gasteiger partial charge is 0.255 e. The van der Waals surface area contributed by atoms with Crippen molar-refractivity contribution in [2.75, 3.05) is 22.5 Å². The fourth-order valence-electron chi connectivity index (χ4n) is 2.97. The number of anilines is 2. The van der Waals surface area contributed by atoms with Gasteiger partial charge in [-0.1, -0.05) is 29.8 Å². The number of carbonyl (C=O) groups is 1. The Hall–Kier alpha value is -3.03. The molecule has 3 rings (SSSR count). The lowest BCUT2D eigenvalue weighted by Crippen LogP contribution is -2.29. The van der Waals surface area contributed by atoms with Crippen LogP contribution < -0.4 is 14.4 Å². The summed E-state index contributed by atoms with van der Waals surface area (Å²) in [6.45, 7) is 2.58. The average Bonchev–Trinajstić information content (AvgIpc) is 2.73. The van der Waals surface area contributed by atoms with Gasteiger partial charge in [-0.25, -0.2) is 8.42 Å². The van der Waals surface area contributed by atoms with Gasteiger partial charge in [-0.05, 0) is 61.0 Å². The van der Waals surface area contributed by atoms with Gasteiger partial charge in [0.15, 0.2) is 0 Å². The first-order valence-corrected chi connectivity index (χ1v) is 11.9. The lowest BCUT2D eigenvalue weighted by molar-refractivity contribution is 0.102. The Labute approximate surface area is 187 Å². The van der Waals surface area contributed by atoms with Gasteiger partial charge in [-0.3, -0.25) is 9.10 Å². The van der Waals surface area contributed by atoms with Crippen LogP contribution in [0.3, 0.4) is 0 Å². The number of nitrogens with zero attached hydrogens (tertiary/aromatic N) is 1. The summed E-state index contributed by atoms with van der Waals surface area (Å²) in [5.74, 6) is 0.366.